The van der Waals surface area contributed by atoms with E-state index in [2.05, 4.69) is 36.1 Å². The summed E-state index contributed by atoms with van der Waals surface area (Å²) < 4.78 is 13.0. The zero-order valence-electron chi connectivity index (χ0n) is 12.7. The van der Waals surface area contributed by atoms with Crippen molar-refractivity contribution in [3.63, 3.8) is 0 Å². The molecule has 3 rings (SSSR count). The van der Waals surface area contributed by atoms with Crippen molar-refractivity contribution in [2.45, 2.75) is 24.9 Å². The van der Waals surface area contributed by atoms with Crippen molar-refractivity contribution < 1.29 is 4.39 Å². The first-order valence-electron chi connectivity index (χ1n) is 7.45. The fourth-order valence-electron chi connectivity index (χ4n) is 3.18. The van der Waals surface area contributed by atoms with Gasteiger partial charge in [-0.3, -0.25) is 4.90 Å². The molecule has 3 atom stereocenters. The van der Waals surface area contributed by atoms with Crippen LogP contribution in [0, 0.1) is 5.82 Å². The number of rotatable bonds is 3. The molecule has 1 heterocycles. The third kappa shape index (κ3) is 3.49. The molecule has 2 aromatic rings. The average Bonchev–Trinajstić information content (AvgIpc) is 2.90. The van der Waals surface area contributed by atoms with Crippen LogP contribution in [0.25, 0.3) is 0 Å². The summed E-state index contributed by atoms with van der Waals surface area (Å²) >= 11 is 0. The number of nitrogens with zero attached hydrogens (tertiary/aromatic N) is 1. The molecule has 0 spiro atoms. The Hall–Kier alpha value is -1.42. The van der Waals surface area contributed by atoms with Gasteiger partial charge >= 0.3 is 0 Å². The minimum absolute atomic E-state index is 0. The van der Waals surface area contributed by atoms with Crippen molar-refractivity contribution >= 4 is 12.4 Å². The molecule has 2 nitrogen and oxygen atoms in total. The van der Waals surface area contributed by atoms with Crippen molar-refractivity contribution in [3.8, 4) is 0 Å². The Bertz CT molecular complexity index is 588. The van der Waals surface area contributed by atoms with Gasteiger partial charge in [-0.25, -0.2) is 4.39 Å². The van der Waals surface area contributed by atoms with Gasteiger partial charge in [-0.1, -0.05) is 42.5 Å². The van der Waals surface area contributed by atoms with Gasteiger partial charge in [0, 0.05) is 31.1 Å². The van der Waals surface area contributed by atoms with E-state index in [1.807, 2.05) is 18.2 Å². The highest BCUT2D eigenvalue weighted by Gasteiger charge is 2.33. The summed E-state index contributed by atoms with van der Waals surface area (Å²) in [5.41, 5.74) is 8.78. The van der Waals surface area contributed by atoms with Crippen LogP contribution in [0.1, 0.15) is 30.0 Å². The Morgan fingerprint density at radius 2 is 1.68 bits per heavy atom. The number of halogens is 2. The number of benzene rings is 2. The standard InChI is InChI=1S/C18H21FN2.ClH/c1-13(14-7-9-16(19)10-8-14)21-11-17(18(20)12-21)15-5-3-2-4-6-15;/h2-10,13,17-18H,11-12,20H2,1H3;1H/t13?,17-,18+;/m0./s1. The van der Waals surface area contributed by atoms with Crippen LogP contribution in [0.4, 0.5) is 4.39 Å². The molecule has 22 heavy (non-hydrogen) atoms. The van der Waals surface area contributed by atoms with Gasteiger partial charge in [0.1, 0.15) is 5.82 Å². The van der Waals surface area contributed by atoms with Gasteiger partial charge in [-0.05, 0) is 30.2 Å². The van der Waals surface area contributed by atoms with Gasteiger partial charge in [0.2, 0.25) is 0 Å². The largest absolute Gasteiger partial charge is 0.326 e. The van der Waals surface area contributed by atoms with Crippen LogP contribution in [-0.4, -0.2) is 24.0 Å². The monoisotopic (exact) mass is 320 g/mol. The van der Waals surface area contributed by atoms with Crippen LogP contribution in [0.3, 0.4) is 0 Å². The van der Waals surface area contributed by atoms with E-state index < -0.39 is 0 Å². The lowest BCUT2D eigenvalue weighted by atomic mass is 9.95. The number of hydrogen-bond donors (Lipinski definition) is 1. The van der Waals surface area contributed by atoms with E-state index in [0.29, 0.717) is 5.92 Å². The first kappa shape index (κ1) is 16.9. The maximum absolute atomic E-state index is 13.0. The molecule has 2 aromatic carbocycles. The van der Waals surface area contributed by atoms with Crippen molar-refractivity contribution in [1.82, 2.24) is 4.90 Å². The Morgan fingerprint density at radius 1 is 1.05 bits per heavy atom. The summed E-state index contributed by atoms with van der Waals surface area (Å²) in [5, 5.41) is 0. The van der Waals surface area contributed by atoms with Crippen molar-refractivity contribution in [1.29, 1.82) is 0 Å². The number of nitrogens with two attached hydrogens (primary N) is 1. The molecule has 4 heteroatoms. The van der Waals surface area contributed by atoms with E-state index in [-0.39, 0.29) is 30.3 Å². The lowest BCUT2D eigenvalue weighted by Gasteiger charge is -2.24. The topological polar surface area (TPSA) is 29.3 Å². The van der Waals surface area contributed by atoms with Crippen LogP contribution in [-0.2, 0) is 0 Å². The van der Waals surface area contributed by atoms with Gasteiger partial charge in [-0.15, -0.1) is 12.4 Å². The summed E-state index contributed by atoms with van der Waals surface area (Å²) in [6.07, 6.45) is 0. The molecule has 2 N–H and O–H groups in total. The number of likely N-dealkylation sites (tertiary alicyclic amines) is 1. The highest BCUT2D eigenvalue weighted by atomic mass is 35.5. The molecule has 0 aliphatic carbocycles. The zero-order valence-corrected chi connectivity index (χ0v) is 13.5. The van der Waals surface area contributed by atoms with Gasteiger partial charge in [0.05, 0.1) is 0 Å². The zero-order chi connectivity index (χ0) is 14.8. The highest BCUT2D eigenvalue weighted by molar-refractivity contribution is 5.85. The Morgan fingerprint density at radius 3 is 2.32 bits per heavy atom. The molecule has 118 valence electrons. The third-order valence-corrected chi connectivity index (χ3v) is 4.52. The van der Waals surface area contributed by atoms with E-state index in [1.165, 1.54) is 17.7 Å². The SMILES string of the molecule is CC(c1ccc(F)cc1)N1C[C@@H](N)[C@H](c2ccccc2)C1.Cl. The first-order valence-corrected chi connectivity index (χ1v) is 7.45. The molecule has 0 amide bonds. The van der Waals surface area contributed by atoms with Crippen LogP contribution in [0.15, 0.2) is 54.6 Å². The maximum Gasteiger partial charge on any atom is 0.123 e. The normalized spacial score (nSPS) is 23.0. The van der Waals surface area contributed by atoms with Crippen molar-refractivity contribution in [2.75, 3.05) is 13.1 Å². The van der Waals surface area contributed by atoms with E-state index in [4.69, 9.17) is 5.73 Å². The molecular formula is C18H22ClFN2. The second-order valence-corrected chi connectivity index (χ2v) is 5.86. The predicted molar refractivity (Wildman–Crippen MR) is 90.8 cm³/mol. The molecule has 1 saturated heterocycles. The highest BCUT2D eigenvalue weighted by Crippen LogP contribution is 2.32. The lowest BCUT2D eigenvalue weighted by Crippen LogP contribution is -2.29. The fraction of sp³-hybridized carbons (Fsp3) is 0.333. The molecule has 0 radical (unpaired) electrons. The van der Waals surface area contributed by atoms with E-state index >= 15 is 0 Å². The number of hydrogen-bond acceptors (Lipinski definition) is 2. The molecule has 0 saturated carbocycles. The van der Waals surface area contributed by atoms with Gasteiger partial charge < -0.3 is 5.73 Å². The van der Waals surface area contributed by atoms with Crippen LogP contribution < -0.4 is 5.73 Å². The van der Waals surface area contributed by atoms with E-state index in [9.17, 15) is 4.39 Å². The predicted octanol–water partition coefficient (Wildman–Crippen LogP) is 3.74. The van der Waals surface area contributed by atoms with E-state index in [0.717, 1.165) is 18.7 Å². The van der Waals surface area contributed by atoms with Crippen LogP contribution >= 0.6 is 12.4 Å². The minimum Gasteiger partial charge on any atom is -0.326 e. The summed E-state index contributed by atoms with van der Waals surface area (Å²) in [6.45, 7) is 3.98. The second-order valence-electron chi connectivity index (χ2n) is 5.86. The summed E-state index contributed by atoms with van der Waals surface area (Å²) in [7, 11) is 0. The molecule has 1 aliphatic rings. The first-order chi connectivity index (χ1) is 10.1. The fourth-order valence-corrected chi connectivity index (χ4v) is 3.18. The smallest absolute Gasteiger partial charge is 0.123 e. The molecular weight excluding hydrogens is 299 g/mol. The molecule has 0 bridgehead atoms. The van der Waals surface area contributed by atoms with Crippen LogP contribution in [0.2, 0.25) is 0 Å². The molecule has 1 aliphatic heterocycles. The lowest BCUT2D eigenvalue weighted by molar-refractivity contribution is 0.257. The van der Waals surface area contributed by atoms with Crippen molar-refractivity contribution in [2.24, 2.45) is 5.73 Å². The summed E-state index contributed by atoms with van der Waals surface area (Å²) in [5.74, 6) is 0.181. The second kappa shape index (κ2) is 7.23. The molecule has 1 fully saturated rings. The Balaban J connectivity index is 0.00000176. The maximum atomic E-state index is 13.0. The Labute approximate surface area is 137 Å². The van der Waals surface area contributed by atoms with Crippen LogP contribution in [0.5, 0.6) is 0 Å². The molecule has 1 unspecified atom stereocenters. The summed E-state index contributed by atoms with van der Waals surface area (Å²) in [6, 6.07) is 17.6. The van der Waals surface area contributed by atoms with Gasteiger partial charge in [-0.2, -0.15) is 0 Å². The molecule has 0 aromatic heterocycles. The summed E-state index contributed by atoms with van der Waals surface area (Å²) in [4.78, 5) is 2.38. The van der Waals surface area contributed by atoms with E-state index in [1.54, 1.807) is 0 Å². The van der Waals surface area contributed by atoms with Crippen molar-refractivity contribution in [3.05, 3.63) is 71.5 Å². The Kier molecular flexibility index (Phi) is 5.57. The third-order valence-electron chi connectivity index (χ3n) is 4.52. The average molecular weight is 321 g/mol. The van der Waals surface area contributed by atoms with Gasteiger partial charge in [0.15, 0.2) is 0 Å². The quantitative estimate of drug-likeness (QED) is 0.933. The van der Waals surface area contributed by atoms with Gasteiger partial charge in [0.25, 0.3) is 0 Å². The minimum atomic E-state index is -0.189.